The van der Waals surface area contributed by atoms with Crippen LogP contribution in [0.1, 0.15) is 16.2 Å². The normalized spacial score (nSPS) is 10.9. The van der Waals surface area contributed by atoms with E-state index in [9.17, 15) is 9.59 Å². The maximum atomic E-state index is 11.3. The molecule has 2 aromatic rings. The monoisotopic (exact) mass is 247 g/mol. The molecule has 0 radical (unpaired) electrons. The van der Waals surface area contributed by atoms with Crippen molar-refractivity contribution in [1.29, 1.82) is 0 Å². The number of aliphatic carboxylic acids is 1. The average molecular weight is 247 g/mol. The zero-order chi connectivity index (χ0) is 13.1. The van der Waals surface area contributed by atoms with E-state index in [2.05, 4.69) is 9.72 Å². The summed E-state index contributed by atoms with van der Waals surface area (Å²) in [5, 5.41) is 8.48. The fraction of sp³-hybridized carbons (Fsp3) is 0.0833. The second-order valence-electron chi connectivity index (χ2n) is 3.40. The number of nitrogens with zero attached hydrogens (tertiary/aromatic N) is 1. The lowest BCUT2D eigenvalue weighted by Crippen LogP contribution is -2.00. The van der Waals surface area contributed by atoms with Crippen molar-refractivity contribution in [2.75, 3.05) is 7.11 Å². The standard InChI is InChI=1S/C12H9NO5/c1-17-12(16)7-2-3-8-9(6-7)18-10(13-8)4-5-11(14)15/h2-6H,1H3,(H,14,15)/b5-4+. The Hall–Kier alpha value is -2.63. The molecule has 6 nitrogen and oxygen atoms in total. The lowest BCUT2D eigenvalue weighted by atomic mass is 10.2. The first-order valence-corrected chi connectivity index (χ1v) is 5.00. The van der Waals surface area contributed by atoms with E-state index in [0.29, 0.717) is 16.7 Å². The van der Waals surface area contributed by atoms with Gasteiger partial charge in [0.25, 0.3) is 0 Å². The minimum absolute atomic E-state index is 0.161. The van der Waals surface area contributed by atoms with E-state index in [0.717, 1.165) is 6.08 Å². The highest BCUT2D eigenvalue weighted by Gasteiger charge is 2.09. The number of oxazole rings is 1. The summed E-state index contributed by atoms with van der Waals surface area (Å²) in [5.41, 5.74) is 1.27. The molecule has 1 N–H and O–H groups in total. The molecule has 0 bridgehead atoms. The van der Waals surface area contributed by atoms with Crippen molar-refractivity contribution in [2.45, 2.75) is 0 Å². The van der Waals surface area contributed by atoms with Gasteiger partial charge in [0.2, 0.25) is 5.89 Å². The number of esters is 1. The summed E-state index contributed by atoms with van der Waals surface area (Å²) in [6.07, 6.45) is 2.16. The third-order valence-electron chi connectivity index (χ3n) is 2.19. The van der Waals surface area contributed by atoms with E-state index in [-0.39, 0.29) is 5.89 Å². The Labute approximate surface area is 101 Å². The van der Waals surface area contributed by atoms with Crippen LogP contribution in [0.2, 0.25) is 0 Å². The molecule has 0 saturated heterocycles. The van der Waals surface area contributed by atoms with Crippen LogP contribution in [0.4, 0.5) is 0 Å². The predicted octanol–water partition coefficient (Wildman–Crippen LogP) is 1.71. The zero-order valence-corrected chi connectivity index (χ0v) is 9.41. The van der Waals surface area contributed by atoms with Gasteiger partial charge in [-0.15, -0.1) is 0 Å². The Morgan fingerprint density at radius 1 is 1.44 bits per heavy atom. The molecule has 18 heavy (non-hydrogen) atoms. The molecule has 0 fully saturated rings. The SMILES string of the molecule is COC(=O)c1ccc2nc(/C=C/C(=O)O)oc2c1. The molecule has 6 heteroatoms. The lowest BCUT2D eigenvalue weighted by molar-refractivity contribution is -0.131. The first-order chi connectivity index (χ1) is 8.60. The number of hydrogen-bond acceptors (Lipinski definition) is 5. The largest absolute Gasteiger partial charge is 0.478 e. The van der Waals surface area contributed by atoms with Gasteiger partial charge in [-0.05, 0) is 18.2 Å². The highest BCUT2D eigenvalue weighted by molar-refractivity contribution is 5.93. The minimum Gasteiger partial charge on any atom is -0.478 e. The molecule has 0 aliphatic carbocycles. The highest BCUT2D eigenvalue weighted by Crippen LogP contribution is 2.18. The molecule has 0 aliphatic rings. The maximum Gasteiger partial charge on any atom is 0.337 e. The van der Waals surface area contributed by atoms with Crippen LogP contribution in [0.5, 0.6) is 0 Å². The maximum absolute atomic E-state index is 11.3. The van der Waals surface area contributed by atoms with Crippen molar-refractivity contribution in [1.82, 2.24) is 4.98 Å². The van der Waals surface area contributed by atoms with Crippen LogP contribution in [0.15, 0.2) is 28.7 Å². The van der Waals surface area contributed by atoms with Gasteiger partial charge in [-0.1, -0.05) is 0 Å². The van der Waals surface area contributed by atoms with Crippen LogP contribution in [0.3, 0.4) is 0 Å². The Bertz CT molecular complexity index is 641. The molecule has 1 heterocycles. The fourth-order valence-corrected chi connectivity index (χ4v) is 1.40. The molecule has 92 valence electrons. The molecule has 0 saturated carbocycles. The first-order valence-electron chi connectivity index (χ1n) is 5.00. The molecular weight excluding hydrogens is 238 g/mol. The van der Waals surface area contributed by atoms with Gasteiger partial charge in [-0.3, -0.25) is 0 Å². The topological polar surface area (TPSA) is 89.6 Å². The number of carboxylic acids is 1. The average Bonchev–Trinajstić information content (AvgIpc) is 2.77. The van der Waals surface area contributed by atoms with Gasteiger partial charge in [0.1, 0.15) is 5.52 Å². The van der Waals surface area contributed by atoms with E-state index in [1.54, 1.807) is 12.1 Å². The van der Waals surface area contributed by atoms with Crippen LogP contribution in [0.25, 0.3) is 17.2 Å². The molecule has 0 aliphatic heterocycles. The van der Waals surface area contributed by atoms with Gasteiger partial charge in [-0.2, -0.15) is 0 Å². The Morgan fingerprint density at radius 2 is 2.22 bits per heavy atom. The lowest BCUT2D eigenvalue weighted by Gasteiger charge is -1.96. The van der Waals surface area contributed by atoms with Crippen molar-refractivity contribution in [2.24, 2.45) is 0 Å². The summed E-state index contributed by atoms with van der Waals surface area (Å²) >= 11 is 0. The predicted molar refractivity (Wildman–Crippen MR) is 62.0 cm³/mol. The van der Waals surface area contributed by atoms with Gasteiger partial charge in [0, 0.05) is 12.2 Å². The van der Waals surface area contributed by atoms with Crippen molar-refractivity contribution >= 4 is 29.1 Å². The molecule has 1 aromatic carbocycles. The molecule has 0 amide bonds. The van der Waals surface area contributed by atoms with Crippen LogP contribution in [0, 0.1) is 0 Å². The van der Waals surface area contributed by atoms with Crippen LogP contribution in [-0.4, -0.2) is 29.1 Å². The smallest absolute Gasteiger partial charge is 0.337 e. The van der Waals surface area contributed by atoms with Gasteiger partial charge in [-0.25, -0.2) is 14.6 Å². The van der Waals surface area contributed by atoms with E-state index in [4.69, 9.17) is 9.52 Å². The molecule has 0 spiro atoms. The van der Waals surface area contributed by atoms with Crippen LogP contribution in [-0.2, 0) is 9.53 Å². The third kappa shape index (κ3) is 2.37. The number of aromatic nitrogens is 1. The van der Waals surface area contributed by atoms with E-state index in [1.807, 2.05) is 0 Å². The summed E-state index contributed by atoms with van der Waals surface area (Å²) in [6, 6.07) is 4.65. The number of methoxy groups -OCH3 is 1. The number of rotatable bonds is 3. The van der Waals surface area contributed by atoms with Gasteiger partial charge in [0.05, 0.1) is 12.7 Å². The van der Waals surface area contributed by atoms with Crippen molar-refractivity contribution in [3.63, 3.8) is 0 Å². The Morgan fingerprint density at radius 3 is 2.89 bits per heavy atom. The summed E-state index contributed by atoms with van der Waals surface area (Å²) in [6.45, 7) is 0. The number of hydrogen-bond donors (Lipinski definition) is 1. The number of fused-ring (bicyclic) bond motifs is 1. The van der Waals surface area contributed by atoms with Crippen molar-refractivity contribution in [3.8, 4) is 0 Å². The van der Waals surface area contributed by atoms with Gasteiger partial charge in [0.15, 0.2) is 5.58 Å². The van der Waals surface area contributed by atoms with E-state index in [1.165, 1.54) is 19.3 Å². The second kappa shape index (κ2) is 4.70. The third-order valence-corrected chi connectivity index (χ3v) is 2.19. The molecular formula is C12H9NO5. The summed E-state index contributed by atoms with van der Waals surface area (Å²) in [7, 11) is 1.29. The van der Waals surface area contributed by atoms with Gasteiger partial charge < -0.3 is 14.3 Å². The number of ether oxygens (including phenoxy) is 1. The zero-order valence-electron chi connectivity index (χ0n) is 9.41. The molecule has 0 atom stereocenters. The summed E-state index contributed by atoms with van der Waals surface area (Å²) < 4.78 is 9.86. The molecule has 0 unspecified atom stereocenters. The van der Waals surface area contributed by atoms with Gasteiger partial charge >= 0.3 is 11.9 Å². The van der Waals surface area contributed by atoms with E-state index >= 15 is 0 Å². The molecule has 1 aromatic heterocycles. The van der Waals surface area contributed by atoms with Crippen LogP contribution < -0.4 is 0 Å². The fourth-order valence-electron chi connectivity index (χ4n) is 1.40. The Balaban J connectivity index is 2.39. The number of carboxylic acid groups (broad SMARTS) is 1. The van der Waals surface area contributed by atoms with Crippen molar-refractivity contribution < 1.29 is 23.8 Å². The quantitative estimate of drug-likeness (QED) is 0.656. The summed E-state index contributed by atoms with van der Waals surface area (Å²) in [5.74, 6) is -1.40. The summed E-state index contributed by atoms with van der Waals surface area (Å²) in [4.78, 5) is 25.7. The number of benzene rings is 1. The number of carbonyl (C=O) groups excluding carboxylic acids is 1. The van der Waals surface area contributed by atoms with Crippen molar-refractivity contribution in [3.05, 3.63) is 35.7 Å². The first kappa shape index (κ1) is 11.8. The van der Waals surface area contributed by atoms with Crippen LogP contribution >= 0.6 is 0 Å². The second-order valence-corrected chi connectivity index (χ2v) is 3.40. The molecule has 2 rings (SSSR count). The Kier molecular flexibility index (Phi) is 3.09. The highest BCUT2D eigenvalue weighted by atomic mass is 16.5. The number of carbonyl (C=O) groups is 2. The van der Waals surface area contributed by atoms with E-state index < -0.39 is 11.9 Å². The minimum atomic E-state index is -1.09.